The monoisotopic (exact) mass is 369 g/mol. The lowest BCUT2D eigenvalue weighted by Crippen LogP contribution is -2.39. The lowest BCUT2D eigenvalue weighted by atomic mass is 10.3. The molecule has 0 atom stereocenters. The molecule has 26 heavy (non-hydrogen) atoms. The van der Waals surface area contributed by atoms with Crippen LogP contribution in [0.4, 0.5) is 0 Å². The van der Waals surface area contributed by atoms with Gasteiger partial charge in [0.2, 0.25) is 0 Å². The minimum absolute atomic E-state index is 0.0868. The quantitative estimate of drug-likeness (QED) is 0.563. The van der Waals surface area contributed by atoms with Crippen molar-refractivity contribution in [3.63, 3.8) is 0 Å². The molecule has 0 unspecified atom stereocenters. The summed E-state index contributed by atoms with van der Waals surface area (Å²) in [6, 6.07) is 7.19. The van der Waals surface area contributed by atoms with Crippen molar-refractivity contribution in [1.29, 1.82) is 0 Å². The Morgan fingerprint density at radius 2 is 2.15 bits per heavy atom. The molecule has 8 nitrogen and oxygen atoms in total. The number of carbonyl (C=O) groups excluding carboxylic acids is 1. The van der Waals surface area contributed by atoms with Gasteiger partial charge in [-0.25, -0.2) is 9.78 Å². The van der Waals surface area contributed by atoms with Crippen LogP contribution >= 0.6 is 11.3 Å². The smallest absolute Gasteiger partial charge is 0.328 e. The number of hydrogen-bond donors (Lipinski definition) is 2. The first-order chi connectivity index (χ1) is 12.6. The van der Waals surface area contributed by atoms with Gasteiger partial charge in [-0.2, -0.15) is 0 Å². The first-order valence-electron chi connectivity index (χ1n) is 7.98. The zero-order valence-corrected chi connectivity index (χ0v) is 14.7. The molecule has 0 aliphatic carbocycles. The second-order valence-corrected chi connectivity index (χ2v) is 6.70. The molecular weight excluding hydrogens is 354 g/mol. The zero-order valence-electron chi connectivity index (χ0n) is 13.9. The van der Waals surface area contributed by atoms with Crippen LogP contribution in [0.3, 0.4) is 0 Å². The van der Waals surface area contributed by atoms with Crippen LogP contribution in [-0.2, 0) is 6.54 Å². The Kier molecular flexibility index (Phi) is 3.92. The summed E-state index contributed by atoms with van der Waals surface area (Å²) in [6.07, 6.45) is 1.77. The number of imidazole rings is 1. The summed E-state index contributed by atoms with van der Waals surface area (Å²) in [6.45, 7) is 2.00. The molecule has 4 aromatic rings. The van der Waals surface area contributed by atoms with Gasteiger partial charge in [0, 0.05) is 19.3 Å². The second-order valence-electron chi connectivity index (χ2n) is 5.78. The molecular formula is C17H15N5O3S. The van der Waals surface area contributed by atoms with Gasteiger partial charge in [0.15, 0.2) is 0 Å². The fraction of sp³-hybridized carbons (Fsp3) is 0.176. The van der Waals surface area contributed by atoms with Crippen LogP contribution in [0.1, 0.15) is 16.2 Å². The molecule has 0 fully saturated rings. The van der Waals surface area contributed by atoms with Gasteiger partial charge in [-0.15, -0.1) is 11.3 Å². The number of thiophene rings is 1. The van der Waals surface area contributed by atoms with Gasteiger partial charge in [-0.3, -0.25) is 18.6 Å². The molecule has 0 aromatic carbocycles. The maximum atomic E-state index is 12.5. The normalized spacial score (nSPS) is 11.3. The van der Waals surface area contributed by atoms with Gasteiger partial charge in [0.1, 0.15) is 16.0 Å². The SMILES string of the molecule is Cc1nc2ccccn2c1C(=O)NCCn1c(=O)[nH]c2ccsc2c1=O. The Bertz CT molecular complexity index is 1250. The number of rotatable bonds is 4. The highest BCUT2D eigenvalue weighted by atomic mass is 32.1. The molecule has 2 N–H and O–H groups in total. The van der Waals surface area contributed by atoms with E-state index >= 15 is 0 Å². The summed E-state index contributed by atoms with van der Waals surface area (Å²) in [5.41, 5.74) is 1.44. The van der Waals surface area contributed by atoms with Gasteiger partial charge < -0.3 is 10.3 Å². The van der Waals surface area contributed by atoms with Crippen LogP contribution in [-0.4, -0.2) is 31.4 Å². The number of H-pyrrole nitrogens is 1. The van der Waals surface area contributed by atoms with E-state index < -0.39 is 5.69 Å². The second kappa shape index (κ2) is 6.26. The zero-order chi connectivity index (χ0) is 18.3. The minimum atomic E-state index is -0.485. The van der Waals surface area contributed by atoms with Crippen LogP contribution in [0.25, 0.3) is 15.9 Å². The first-order valence-corrected chi connectivity index (χ1v) is 8.86. The summed E-state index contributed by atoms with van der Waals surface area (Å²) < 4.78 is 3.30. The predicted molar refractivity (Wildman–Crippen MR) is 99.0 cm³/mol. The number of carbonyl (C=O) groups is 1. The summed E-state index contributed by atoms with van der Waals surface area (Å²) >= 11 is 1.28. The van der Waals surface area contributed by atoms with E-state index in [0.29, 0.717) is 27.3 Å². The molecule has 0 saturated heterocycles. The summed E-state index contributed by atoms with van der Waals surface area (Å²) in [4.78, 5) is 44.0. The molecule has 0 aliphatic rings. The average Bonchev–Trinajstić information content (AvgIpc) is 3.20. The number of amides is 1. The first kappa shape index (κ1) is 16.3. The molecule has 9 heteroatoms. The Hall–Kier alpha value is -3.20. The van der Waals surface area contributed by atoms with E-state index in [1.165, 1.54) is 11.3 Å². The summed E-state index contributed by atoms with van der Waals surface area (Å²) in [5.74, 6) is -0.303. The standard InChI is InChI=1S/C17H15N5O3S/c1-10-13(21-7-3-2-4-12(21)19-10)15(23)18-6-8-22-16(24)14-11(5-9-26-14)20-17(22)25/h2-5,7,9H,6,8H2,1H3,(H,18,23)(H,20,25). The number of aromatic nitrogens is 4. The van der Waals surface area contributed by atoms with Crippen LogP contribution < -0.4 is 16.6 Å². The molecule has 4 rings (SSSR count). The Morgan fingerprint density at radius 1 is 1.31 bits per heavy atom. The molecule has 0 radical (unpaired) electrons. The van der Waals surface area contributed by atoms with Crippen LogP contribution in [0.15, 0.2) is 45.4 Å². The van der Waals surface area contributed by atoms with E-state index in [-0.39, 0.29) is 24.6 Å². The number of aryl methyl sites for hydroxylation is 1. The number of aromatic amines is 1. The molecule has 0 bridgehead atoms. The summed E-state index contributed by atoms with van der Waals surface area (Å²) in [7, 11) is 0. The lowest BCUT2D eigenvalue weighted by molar-refractivity contribution is 0.0945. The van der Waals surface area contributed by atoms with E-state index in [1.807, 2.05) is 18.2 Å². The third-order valence-corrected chi connectivity index (χ3v) is 5.03. The van der Waals surface area contributed by atoms with Crippen LogP contribution in [0.2, 0.25) is 0 Å². The number of nitrogens with zero attached hydrogens (tertiary/aromatic N) is 3. The fourth-order valence-corrected chi connectivity index (χ4v) is 3.72. The van der Waals surface area contributed by atoms with Crippen LogP contribution in [0.5, 0.6) is 0 Å². The van der Waals surface area contributed by atoms with Crippen molar-refractivity contribution in [2.45, 2.75) is 13.5 Å². The van der Waals surface area contributed by atoms with Crippen molar-refractivity contribution in [3.05, 3.63) is 68.1 Å². The van der Waals surface area contributed by atoms with Crippen molar-refractivity contribution in [3.8, 4) is 0 Å². The lowest BCUT2D eigenvalue weighted by Gasteiger charge is -2.07. The van der Waals surface area contributed by atoms with Crippen molar-refractivity contribution in [1.82, 2.24) is 24.3 Å². The maximum absolute atomic E-state index is 12.5. The maximum Gasteiger partial charge on any atom is 0.328 e. The number of hydrogen-bond acceptors (Lipinski definition) is 5. The highest BCUT2D eigenvalue weighted by molar-refractivity contribution is 7.17. The predicted octanol–water partition coefficient (Wildman–Crippen LogP) is 1.14. The van der Waals surface area contributed by atoms with Crippen molar-refractivity contribution >= 4 is 33.1 Å². The number of fused-ring (bicyclic) bond motifs is 2. The Morgan fingerprint density at radius 3 is 3.00 bits per heavy atom. The fourth-order valence-electron chi connectivity index (χ4n) is 2.93. The van der Waals surface area contributed by atoms with E-state index in [2.05, 4.69) is 15.3 Å². The average molecular weight is 369 g/mol. The van der Waals surface area contributed by atoms with Crippen molar-refractivity contribution in [2.75, 3.05) is 6.54 Å². The Balaban J connectivity index is 1.55. The largest absolute Gasteiger partial charge is 0.349 e. The third kappa shape index (κ3) is 2.62. The Labute approximate surface area is 150 Å². The van der Waals surface area contributed by atoms with Gasteiger partial charge in [-0.05, 0) is 30.5 Å². The van der Waals surface area contributed by atoms with Crippen LogP contribution in [0, 0.1) is 6.92 Å². The van der Waals surface area contributed by atoms with Gasteiger partial charge in [0.25, 0.3) is 11.5 Å². The van der Waals surface area contributed by atoms with E-state index in [4.69, 9.17) is 0 Å². The number of nitrogens with one attached hydrogen (secondary N) is 2. The van der Waals surface area contributed by atoms with Gasteiger partial charge >= 0.3 is 5.69 Å². The minimum Gasteiger partial charge on any atom is -0.349 e. The number of pyridine rings is 1. The molecule has 132 valence electrons. The molecule has 0 saturated carbocycles. The third-order valence-electron chi connectivity index (χ3n) is 4.13. The highest BCUT2D eigenvalue weighted by Crippen LogP contribution is 2.12. The summed E-state index contributed by atoms with van der Waals surface area (Å²) in [5, 5.41) is 4.51. The van der Waals surface area contributed by atoms with Gasteiger partial charge in [0.05, 0.1) is 11.2 Å². The van der Waals surface area contributed by atoms with Crippen molar-refractivity contribution < 1.29 is 4.79 Å². The van der Waals surface area contributed by atoms with E-state index in [0.717, 1.165) is 4.57 Å². The topological polar surface area (TPSA) is 101 Å². The molecule has 0 spiro atoms. The molecule has 4 aromatic heterocycles. The highest BCUT2D eigenvalue weighted by Gasteiger charge is 2.16. The molecule has 4 heterocycles. The van der Waals surface area contributed by atoms with E-state index in [9.17, 15) is 14.4 Å². The molecule has 0 aliphatic heterocycles. The van der Waals surface area contributed by atoms with Crippen molar-refractivity contribution in [2.24, 2.45) is 0 Å². The van der Waals surface area contributed by atoms with Gasteiger partial charge in [-0.1, -0.05) is 6.07 Å². The van der Waals surface area contributed by atoms with E-state index in [1.54, 1.807) is 29.0 Å². The molecule has 1 amide bonds.